The molecular formula is C8H13F3O. The molecule has 0 aromatic carbocycles. The average molecular weight is 182 g/mol. The molecule has 0 aromatic rings. The molecule has 0 unspecified atom stereocenters. The fourth-order valence-corrected chi connectivity index (χ4v) is 1.51. The summed E-state index contributed by atoms with van der Waals surface area (Å²) in [7, 11) is 0. The molecule has 0 aromatic heterocycles. The van der Waals surface area contributed by atoms with E-state index >= 15 is 0 Å². The normalized spacial score (nSPS) is 36.8. The molecule has 1 fully saturated rings. The highest BCUT2D eigenvalue weighted by Crippen LogP contribution is 2.50. The Morgan fingerprint density at radius 3 is 2.00 bits per heavy atom. The van der Waals surface area contributed by atoms with Gasteiger partial charge < -0.3 is 5.11 Å². The number of aliphatic hydroxyl groups is 1. The first-order valence-electron chi connectivity index (χ1n) is 4.05. The van der Waals surface area contributed by atoms with Crippen molar-refractivity contribution in [2.24, 2.45) is 11.8 Å². The second-order valence-electron chi connectivity index (χ2n) is 3.94. The maximum Gasteiger partial charge on any atom is 0.417 e. The second-order valence-corrected chi connectivity index (χ2v) is 3.94. The molecule has 0 heterocycles. The first-order chi connectivity index (χ1) is 5.26. The third-order valence-electron chi connectivity index (χ3n) is 2.67. The van der Waals surface area contributed by atoms with Crippen LogP contribution in [0.3, 0.4) is 0 Å². The molecule has 0 saturated heterocycles. The van der Waals surface area contributed by atoms with Crippen molar-refractivity contribution in [1.29, 1.82) is 0 Å². The van der Waals surface area contributed by atoms with E-state index in [4.69, 9.17) is 5.11 Å². The predicted molar refractivity (Wildman–Crippen MR) is 38.6 cm³/mol. The van der Waals surface area contributed by atoms with Gasteiger partial charge in [0.15, 0.2) is 5.60 Å². The van der Waals surface area contributed by atoms with E-state index in [0.29, 0.717) is 0 Å². The molecule has 72 valence electrons. The van der Waals surface area contributed by atoms with Crippen molar-refractivity contribution in [3.05, 3.63) is 0 Å². The van der Waals surface area contributed by atoms with Crippen LogP contribution in [0.15, 0.2) is 0 Å². The largest absolute Gasteiger partial charge is 0.417 e. The van der Waals surface area contributed by atoms with E-state index in [9.17, 15) is 13.2 Å². The Kier molecular flexibility index (Phi) is 2.15. The van der Waals surface area contributed by atoms with Gasteiger partial charge >= 0.3 is 6.18 Å². The van der Waals surface area contributed by atoms with Crippen LogP contribution in [0, 0.1) is 11.8 Å². The number of alkyl halides is 3. The quantitative estimate of drug-likeness (QED) is 0.660. The lowest BCUT2D eigenvalue weighted by atomic mass is 9.66. The van der Waals surface area contributed by atoms with Crippen LogP contribution in [0.25, 0.3) is 0 Å². The molecular weight excluding hydrogens is 169 g/mol. The molecule has 0 bridgehead atoms. The van der Waals surface area contributed by atoms with Gasteiger partial charge in [0, 0.05) is 0 Å². The zero-order valence-electron chi connectivity index (χ0n) is 7.15. The van der Waals surface area contributed by atoms with Gasteiger partial charge in [-0.25, -0.2) is 0 Å². The van der Waals surface area contributed by atoms with Crippen molar-refractivity contribution in [2.75, 3.05) is 0 Å². The lowest BCUT2D eigenvalue weighted by molar-refractivity contribution is -0.302. The van der Waals surface area contributed by atoms with Gasteiger partial charge in [-0.1, -0.05) is 13.8 Å². The van der Waals surface area contributed by atoms with Crippen molar-refractivity contribution in [3.63, 3.8) is 0 Å². The molecule has 4 heteroatoms. The average Bonchev–Trinajstić information content (AvgIpc) is 1.77. The smallest absolute Gasteiger partial charge is 0.380 e. The molecule has 0 atom stereocenters. The maximum absolute atomic E-state index is 12.1. The summed E-state index contributed by atoms with van der Waals surface area (Å²) in [5.74, 6) is 0.254. The molecule has 1 saturated carbocycles. The highest BCUT2D eigenvalue weighted by molar-refractivity contribution is 5.00. The minimum atomic E-state index is -4.45. The molecule has 1 rings (SSSR count). The van der Waals surface area contributed by atoms with Crippen LogP contribution in [0.2, 0.25) is 0 Å². The number of rotatable bonds is 1. The summed E-state index contributed by atoms with van der Waals surface area (Å²) in [5.41, 5.74) is -2.39. The van der Waals surface area contributed by atoms with E-state index in [1.165, 1.54) is 0 Å². The van der Waals surface area contributed by atoms with E-state index < -0.39 is 11.8 Å². The van der Waals surface area contributed by atoms with Crippen LogP contribution in [0.1, 0.15) is 26.7 Å². The molecule has 0 radical (unpaired) electrons. The van der Waals surface area contributed by atoms with Crippen molar-refractivity contribution in [3.8, 4) is 0 Å². The van der Waals surface area contributed by atoms with Crippen molar-refractivity contribution < 1.29 is 18.3 Å². The van der Waals surface area contributed by atoms with Gasteiger partial charge in [-0.15, -0.1) is 0 Å². The van der Waals surface area contributed by atoms with Crippen LogP contribution in [0.5, 0.6) is 0 Å². The SMILES string of the molecule is CC(C)[C@H]1C[C@@](O)(C(F)(F)F)C1. The molecule has 12 heavy (non-hydrogen) atoms. The topological polar surface area (TPSA) is 20.2 Å². The molecule has 1 aliphatic rings. The molecule has 1 aliphatic carbocycles. The van der Waals surface area contributed by atoms with Gasteiger partial charge in [0.05, 0.1) is 0 Å². The molecule has 0 amide bonds. The molecule has 0 aliphatic heterocycles. The summed E-state index contributed by atoms with van der Waals surface area (Å²) < 4.78 is 36.2. The van der Waals surface area contributed by atoms with E-state index in [1.807, 2.05) is 13.8 Å². The van der Waals surface area contributed by atoms with Crippen LogP contribution < -0.4 is 0 Å². The highest BCUT2D eigenvalue weighted by atomic mass is 19.4. The van der Waals surface area contributed by atoms with Gasteiger partial charge in [-0.05, 0) is 24.7 Å². The third-order valence-corrected chi connectivity index (χ3v) is 2.67. The van der Waals surface area contributed by atoms with E-state index in [1.54, 1.807) is 0 Å². The predicted octanol–water partition coefficient (Wildman–Crippen LogP) is 2.35. The van der Waals surface area contributed by atoms with Gasteiger partial charge in [0.1, 0.15) is 0 Å². The Balaban J connectivity index is 2.51. The van der Waals surface area contributed by atoms with E-state index in [-0.39, 0.29) is 24.7 Å². The first kappa shape index (κ1) is 9.84. The van der Waals surface area contributed by atoms with Crippen molar-refractivity contribution >= 4 is 0 Å². The van der Waals surface area contributed by atoms with Gasteiger partial charge in [0.25, 0.3) is 0 Å². The Morgan fingerprint density at radius 1 is 1.33 bits per heavy atom. The van der Waals surface area contributed by atoms with Gasteiger partial charge in [-0.3, -0.25) is 0 Å². The Labute approximate surface area is 69.6 Å². The minimum Gasteiger partial charge on any atom is -0.380 e. The van der Waals surface area contributed by atoms with Crippen molar-refractivity contribution in [2.45, 2.75) is 38.5 Å². The van der Waals surface area contributed by atoms with E-state index in [2.05, 4.69) is 0 Å². The van der Waals surface area contributed by atoms with E-state index in [0.717, 1.165) is 0 Å². The maximum atomic E-state index is 12.1. The van der Waals surface area contributed by atoms with Crippen LogP contribution in [0.4, 0.5) is 13.2 Å². The Bertz CT molecular complexity index is 168. The van der Waals surface area contributed by atoms with Crippen LogP contribution in [-0.2, 0) is 0 Å². The summed E-state index contributed by atoms with van der Waals surface area (Å²) in [6, 6.07) is 0. The third kappa shape index (κ3) is 1.44. The van der Waals surface area contributed by atoms with Crippen LogP contribution >= 0.6 is 0 Å². The Hall–Kier alpha value is -0.250. The fraction of sp³-hybridized carbons (Fsp3) is 1.00. The lowest BCUT2D eigenvalue weighted by Crippen LogP contribution is -2.56. The zero-order valence-corrected chi connectivity index (χ0v) is 7.15. The number of hydrogen-bond acceptors (Lipinski definition) is 1. The highest BCUT2D eigenvalue weighted by Gasteiger charge is 2.61. The fourth-order valence-electron chi connectivity index (χ4n) is 1.51. The Morgan fingerprint density at radius 2 is 1.75 bits per heavy atom. The molecule has 1 nitrogen and oxygen atoms in total. The zero-order chi connectivity index (χ0) is 9.57. The molecule has 1 N–H and O–H groups in total. The number of halogens is 3. The summed E-state index contributed by atoms with van der Waals surface area (Å²) >= 11 is 0. The minimum absolute atomic E-state index is 0.0247. The second kappa shape index (κ2) is 2.62. The summed E-state index contributed by atoms with van der Waals surface area (Å²) in [6.45, 7) is 3.75. The molecule has 0 spiro atoms. The number of hydrogen-bond donors (Lipinski definition) is 1. The standard InChI is InChI=1S/C8H13F3O/c1-5(2)6-3-7(12,4-6)8(9,10)11/h5-6,12H,3-4H2,1-2H3/t6-,7-. The van der Waals surface area contributed by atoms with Gasteiger partial charge in [-0.2, -0.15) is 13.2 Å². The lowest BCUT2D eigenvalue weighted by Gasteiger charge is -2.46. The summed E-state index contributed by atoms with van der Waals surface area (Å²) in [4.78, 5) is 0. The van der Waals surface area contributed by atoms with Crippen molar-refractivity contribution in [1.82, 2.24) is 0 Å². The van der Waals surface area contributed by atoms with Crippen LogP contribution in [-0.4, -0.2) is 16.9 Å². The summed E-state index contributed by atoms with van der Waals surface area (Å²) in [5, 5.41) is 9.04. The monoisotopic (exact) mass is 182 g/mol. The van der Waals surface area contributed by atoms with Gasteiger partial charge in [0.2, 0.25) is 0 Å². The first-order valence-corrected chi connectivity index (χ1v) is 4.05. The summed E-state index contributed by atoms with van der Waals surface area (Å²) in [6.07, 6.45) is -4.71.